The fraction of sp³-hybridized carbons (Fsp3) is 0.444. The highest BCUT2D eigenvalue weighted by atomic mass is 35.5. The van der Waals surface area contributed by atoms with Gasteiger partial charge in [-0.1, -0.05) is 29.3 Å². The van der Waals surface area contributed by atoms with E-state index in [9.17, 15) is 4.79 Å². The monoisotopic (exact) mass is 380 g/mol. The van der Waals surface area contributed by atoms with Crippen LogP contribution >= 0.6 is 23.2 Å². The number of halogens is 2. The number of aromatic nitrogens is 2. The number of carbonyl (C=O) groups is 1. The molecule has 3 rings (SSSR count). The van der Waals surface area contributed by atoms with Gasteiger partial charge in [0.05, 0.1) is 13.1 Å². The number of imidazole rings is 1. The Morgan fingerprint density at radius 3 is 2.80 bits per heavy atom. The Bertz CT molecular complexity index is 755. The van der Waals surface area contributed by atoms with Gasteiger partial charge in [-0.3, -0.25) is 0 Å². The minimum atomic E-state index is -0.0309. The third-order valence-corrected chi connectivity index (χ3v) is 4.72. The maximum atomic E-state index is 12.5. The van der Waals surface area contributed by atoms with Gasteiger partial charge in [-0.15, -0.1) is 0 Å². The fourth-order valence-corrected chi connectivity index (χ4v) is 3.17. The van der Waals surface area contributed by atoms with Gasteiger partial charge in [-0.25, -0.2) is 9.78 Å². The number of nitrogens with zero attached hydrogens (tertiary/aromatic N) is 3. The van der Waals surface area contributed by atoms with Crippen LogP contribution in [0.5, 0.6) is 0 Å². The van der Waals surface area contributed by atoms with Crippen molar-refractivity contribution < 1.29 is 4.79 Å². The van der Waals surface area contributed by atoms with Crippen LogP contribution in [0.2, 0.25) is 10.0 Å². The number of amides is 2. The Balaban J connectivity index is 1.75. The first-order chi connectivity index (χ1) is 11.9. The highest BCUT2D eigenvalue weighted by Gasteiger charge is 2.33. The molecule has 134 valence electrons. The molecule has 1 aliphatic carbocycles. The van der Waals surface area contributed by atoms with Crippen LogP contribution in [0.25, 0.3) is 0 Å². The van der Waals surface area contributed by atoms with Crippen molar-refractivity contribution in [2.24, 2.45) is 0 Å². The molecule has 2 amide bonds. The molecule has 2 aromatic rings. The zero-order valence-electron chi connectivity index (χ0n) is 14.4. The maximum Gasteiger partial charge on any atom is 0.318 e. The molecule has 1 aliphatic rings. The number of urea groups is 1. The Hall–Kier alpha value is -1.72. The van der Waals surface area contributed by atoms with Gasteiger partial charge in [0, 0.05) is 34.5 Å². The van der Waals surface area contributed by atoms with Gasteiger partial charge in [0.1, 0.15) is 5.82 Å². The summed E-state index contributed by atoms with van der Waals surface area (Å²) in [6.07, 6.45) is 5.76. The molecule has 0 saturated heterocycles. The van der Waals surface area contributed by atoms with E-state index in [1.165, 1.54) is 0 Å². The van der Waals surface area contributed by atoms with Crippen LogP contribution in [-0.4, -0.2) is 32.6 Å². The predicted octanol–water partition coefficient (Wildman–Crippen LogP) is 4.32. The molecule has 1 aromatic carbocycles. The maximum absolute atomic E-state index is 12.5. The quantitative estimate of drug-likeness (QED) is 0.810. The topological polar surface area (TPSA) is 50.2 Å². The summed E-state index contributed by atoms with van der Waals surface area (Å²) in [5.74, 6) is 0.844. The van der Waals surface area contributed by atoms with Gasteiger partial charge in [-0.2, -0.15) is 0 Å². The minimum absolute atomic E-state index is 0.0309. The Labute approximate surface area is 157 Å². The van der Waals surface area contributed by atoms with Gasteiger partial charge >= 0.3 is 6.03 Å². The molecule has 1 fully saturated rings. The zero-order valence-corrected chi connectivity index (χ0v) is 15.9. The number of carbonyl (C=O) groups excluding carboxylic acids is 1. The third-order valence-electron chi connectivity index (χ3n) is 4.13. The van der Waals surface area contributed by atoms with E-state index in [-0.39, 0.29) is 12.1 Å². The van der Waals surface area contributed by atoms with Crippen molar-refractivity contribution in [1.82, 2.24) is 19.8 Å². The van der Waals surface area contributed by atoms with Crippen LogP contribution in [-0.2, 0) is 13.1 Å². The van der Waals surface area contributed by atoms with Crippen molar-refractivity contribution in [3.05, 3.63) is 52.0 Å². The number of benzene rings is 1. The molecular weight excluding hydrogens is 359 g/mol. The molecule has 1 saturated carbocycles. The summed E-state index contributed by atoms with van der Waals surface area (Å²) in [4.78, 5) is 18.8. The third kappa shape index (κ3) is 4.67. The lowest BCUT2D eigenvalue weighted by Gasteiger charge is -2.24. The first kappa shape index (κ1) is 18.1. The van der Waals surface area contributed by atoms with Crippen LogP contribution < -0.4 is 5.32 Å². The summed E-state index contributed by atoms with van der Waals surface area (Å²) < 4.78 is 2.02. The number of hydrogen-bond acceptors (Lipinski definition) is 2. The summed E-state index contributed by atoms with van der Waals surface area (Å²) in [6.45, 7) is 5.01. The normalized spacial score (nSPS) is 14.0. The first-order valence-electron chi connectivity index (χ1n) is 8.45. The highest BCUT2D eigenvalue weighted by molar-refractivity contribution is 6.35. The standard InChI is InChI=1S/C18H22Cl2N4O/c1-12(2)22-18(25)24(15-5-6-15)11-17-21-7-8-23(17)10-13-3-4-14(19)9-16(13)20/h3-4,7-9,12,15H,5-6,10-11H2,1-2H3,(H,22,25). The van der Waals surface area contributed by atoms with Crippen molar-refractivity contribution in [2.75, 3.05) is 0 Å². The van der Waals surface area contributed by atoms with E-state index in [1.807, 2.05) is 41.6 Å². The van der Waals surface area contributed by atoms with Crippen LogP contribution in [0.4, 0.5) is 4.79 Å². The molecule has 5 nitrogen and oxygen atoms in total. The molecule has 0 unspecified atom stereocenters. The second-order valence-electron chi connectivity index (χ2n) is 6.67. The number of hydrogen-bond donors (Lipinski definition) is 1. The average Bonchev–Trinajstić information content (AvgIpc) is 3.27. The summed E-state index contributed by atoms with van der Waals surface area (Å²) in [6, 6.07) is 5.87. The minimum Gasteiger partial charge on any atom is -0.336 e. The van der Waals surface area contributed by atoms with Gasteiger partial charge in [0.25, 0.3) is 0 Å². The largest absolute Gasteiger partial charge is 0.336 e. The number of nitrogens with one attached hydrogen (secondary N) is 1. The second kappa shape index (κ2) is 7.67. The molecule has 7 heteroatoms. The van der Waals surface area contributed by atoms with E-state index >= 15 is 0 Å². The lowest BCUT2D eigenvalue weighted by Crippen LogP contribution is -2.44. The second-order valence-corrected chi connectivity index (χ2v) is 7.51. The fourth-order valence-electron chi connectivity index (χ4n) is 2.70. The molecule has 25 heavy (non-hydrogen) atoms. The molecular formula is C18H22Cl2N4O. The van der Waals surface area contributed by atoms with Crippen molar-refractivity contribution in [2.45, 2.75) is 51.9 Å². The van der Waals surface area contributed by atoms with Crippen LogP contribution in [0, 0.1) is 0 Å². The molecule has 1 heterocycles. The first-order valence-corrected chi connectivity index (χ1v) is 9.20. The van der Waals surface area contributed by atoms with Crippen molar-refractivity contribution in [1.29, 1.82) is 0 Å². The molecule has 0 aliphatic heterocycles. The molecule has 1 N–H and O–H groups in total. The summed E-state index contributed by atoms with van der Waals surface area (Å²) in [5.41, 5.74) is 0.968. The van der Waals surface area contributed by atoms with Crippen molar-refractivity contribution in [3.8, 4) is 0 Å². The Kier molecular flexibility index (Phi) is 5.54. The van der Waals surface area contributed by atoms with Crippen molar-refractivity contribution >= 4 is 29.2 Å². The van der Waals surface area contributed by atoms with Gasteiger partial charge in [0.15, 0.2) is 0 Å². The molecule has 0 atom stereocenters. The summed E-state index contributed by atoms with van der Waals surface area (Å²) in [5, 5.41) is 4.22. The summed E-state index contributed by atoms with van der Waals surface area (Å²) in [7, 11) is 0. The predicted molar refractivity (Wildman–Crippen MR) is 100 cm³/mol. The Morgan fingerprint density at radius 2 is 2.16 bits per heavy atom. The van der Waals surface area contributed by atoms with Crippen LogP contribution in [0.1, 0.15) is 38.1 Å². The van der Waals surface area contributed by atoms with Gasteiger partial charge < -0.3 is 14.8 Å². The van der Waals surface area contributed by atoms with E-state index in [4.69, 9.17) is 23.2 Å². The average molecular weight is 381 g/mol. The van der Waals surface area contributed by atoms with Crippen molar-refractivity contribution in [3.63, 3.8) is 0 Å². The summed E-state index contributed by atoms with van der Waals surface area (Å²) >= 11 is 12.2. The van der Waals surface area contributed by atoms with E-state index in [0.29, 0.717) is 29.2 Å². The van der Waals surface area contributed by atoms with Crippen LogP contribution in [0.15, 0.2) is 30.6 Å². The molecule has 0 spiro atoms. The SMILES string of the molecule is CC(C)NC(=O)N(Cc1nccn1Cc1ccc(Cl)cc1Cl)C1CC1. The van der Waals surface area contributed by atoms with E-state index in [2.05, 4.69) is 10.3 Å². The van der Waals surface area contributed by atoms with E-state index in [0.717, 1.165) is 24.2 Å². The Morgan fingerprint density at radius 1 is 1.40 bits per heavy atom. The molecule has 0 radical (unpaired) electrons. The van der Waals surface area contributed by atoms with E-state index < -0.39 is 0 Å². The zero-order chi connectivity index (χ0) is 18.0. The molecule has 0 bridgehead atoms. The van der Waals surface area contributed by atoms with Gasteiger partial charge in [-0.05, 0) is 44.4 Å². The lowest BCUT2D eigenvalue weighted by atomic mass is 10.2. The highest BCUT2D eigenvalue weighted by Crippen LogP contribution is 2.28. The van der Waals surface area contributed by atoms with E-state index in [1.54, 1.807) is 12.3 Å². The number of rotatable bonds is 6. The van der Waals surface area contributed by atoms with Crippen LogP contribution in [0.3, 0.4) is 0 Å². The smallest absolute Gasteiger partial charge is 0.318 e. The van der Waals surface area contributed by atoms with Gasteiger partial charge in [0.2, 0.25) is 0 Å². The molecule has 1 aromatic heterocycles. The lowest BCUT2D eigenvalue weighted by molar-refractivity contribution is 0.187.